The second-order valence-electron chi connectivity index (χ2n) is 5.65. The van der Waals surface area contributed by atoms with E-state index < -0.39 is 18.0 Å². The van der Waals surface area contributed by atoms with Crippen molar-refractivity contribution >= 4 is 40.9 Å². The van der Waals surface area contributed by atoms with Crippen LogP contribution in [0.2, 0.25) is 5.02 Å². The van der Waals surface area contributed by atoms with Gasteiger partial charge in [0, 0.05) is 17.1 Å². The number of carbonyl (C=O) groups excluding carboxylic acids is 2. The Labute approximate surface area is 166 Å². The molecule has 1 atom stereocenters. The van der Waals surface area contributed by atoms with Gasteiger partial charge in [0.05, 0.1) is 16.3 Å². The van der Waals surface area contributed by atoms with E-state index in [1.165, 1.54) is 19.1 Å². The average molecular weight is 405 g/mol. The lowest BCUT2D eigenvalue weighted by Gasteiger charge is -2.13. The van der Waals surface area contributed by atoms with Gasteiger partial charge in [-0.25, -0.2) is 9.97 Å². The van der Waals surface area contributed by atoms with E-state index in [2.05, 4.69) is 15.3 Å². The second-order valence-corrected chi connectivity index (χ2v) is 7.00. The van der Waals surface area contributed by atoms with Gasteiger partial charge in [-0.3, -0.25) is 9.59 Å². The van der Waals surface area contributed by atoms with Crippen LogP contribution >= 0.6 is 23.4 Å². The van der Waals surface area contributed by atoms with Crippen molar-refractivity contribution in [1.29, 1.82) is 5.26 Å². The van der Waals surface area contributed by atoms with Gasteiger partial charge in [0.2, 0.25) is 0 Å². The second kappa shape index (κ2) is 9.35. The van der Waals surface area contributed by atoms with E-state index in [-0.39, 0.29) is 10.8 Å². The van der Waals surface area contributed by atoms with Crippen LogP contribution in [0.1, 0.15) is 23.9 Å². The Morgan fingerprint density at radius 1 is 1.30 bits per heavy atom. The smallest absolute Gasteiger partial charge is 0.317 e. The first kappa shape index (κ1) is 20.7. The minimum atomic E-state index is -0.993. The van der Waals surface area contributed by atoms with Crippen LogP contribution in [0.25, 0.3) is 0 Å². The molecule has 0 aliphatic carbocycles. The lowest BCUT2D eigenvalue weighted by atomic mass is 10.2. The molecular weight excluding hydrogens is 388 g/mol. The van der Waals surface area contributed by atoms with Gasteiger partial charge in [-0.1, -0.05) is 23.4 Å². The molecule has 1 aromatic heterocycles. The third-order valence-corrected chi connectivity index (χ3v) is 4.45. The summed E-state index contributed by atoms with van der Waals surface area (Å²) in [6.07, 6.45) is -0.993. The molecule has 0 aliphatic heterocycles. The highest BCUT2D eigenvalue weighted by molar-refractivity contribution is 7.99. The van der Waals surface area contributed by atoms with E-state index in [9.17, 15) is 9.59 Å². The number of anilines is 1. The molecule has 1 heterocycles. The van der Waals surface area contributed by atoms with Crippen molar-refractivity contribution < 1.29 is 14.3 Å². The topological polar surface area (TPSA) is 105 Å². The number of ether oxygens (including phenoxy) is 1. The largest absolute Gasteiger partial charge is 0.452 e. The van der Waals surface area contributed by atoms with Crippen molar-refractivity contribution in [2.24, 2.45) is 0 Å². The van der Waals surface area contributed by atoms with Gasteiger partial charge in [0.25, 0.3) is 5.91 Å². The lowest BCUT2D eigenvalue weighted by molar-refractivity contribution is -0.150. The Hall–Kier alpha value is -2.63. The number of hydrogen-bond donors (Lipinski definition) is 1. The number of esters is 1. The van der Waals surface area contributed by atoms with Crippen molar-refractivity contribution in [1.82, 2.24) is 9.97 Å². The number of nitriles is 1. The predicted octanol–water partition coefficient (Wildman–Crippen LogP) is 3.28. The van der Waals surface area contributed by atoms with Crippen LogP contribution in [0.15, 0.2) is 29.4 Å². The molecule has 0 fully saturated rings. The highest BCUT2D eigenvalue weighted by Gasteiger charge is 2.19. The van der Waals surface area contributed by atoms with E-state index >= 15 is 0 Å². The zero-order valence-electron chi connectivity index (χ0n) is 14.9. The Morgan fingerprint density at radius 2 is 1.96 bits per heavy atom. The molecule has 2 rings (SSSR count). The van der Waals surface area contributed by atoms with Crippen LogP contribution in [-0.2, 0) is 14.3 Å². The number of carbonyl (C=O) groups is 2. The summed E-state index contributed by atoms with van der Waals surface area (Å²) in [5.41, 5.74) is 2.34. The Morgan fingerprint density at radius 3 is 2.56 bits per heavy atom. The molecule has 2 aromatic rings. The first-order valence-electron chi connectivity index (χ1n) is 7.93. The van der Waals surface area contributed by atoms with Gasteiger partial charge in [0.15, 0.2) is 11.3 Å². The number of aryl methyl sites for hydroxylation is 2. The summed E-state index contributed by atoms with van der Waals surface area (Å²) in [7, 11) is 0. The van der Waals surface area contributed by atoms with E-state index in [4.69, 9.17) is 21.6 Å². The molecule has 140 valence electrons. The minimum Gasteiger partial charge on any atom is -0.452 e. The van der Waals surface area contributed by atoms with Gasteiger partial charge in [0.1, 0.15) is 6.07 Å². The zero-order valence-corrected chi connectivity index (χ0v) is 16.5. The highest BCUT2D eigenvalue weighted by atomic mass is 35.5. The van der Waals surface area contributed by atoms with Crippen molar-refractivity contribution in [3.8, 4) is 6.07 Å². The third-order valence-electron chi connectivity index (χ3n) is 3.32. The normalized spacial score (nSPS) is 11.4. The maximum atomic E-state index is 12.1. The number of aromatic nitrogens is 2. The van der Waals surface area contributed by atoms with Crippen LogP contribution in [0.5, 0.6) is 0 Å². The van der Waals surface area contributed by atoms with Crippen LogP contribution in [-0.4, -0.2) is 33.7 Å². The fraction of sp³-hybridized carbons (Fsp3) is 0.278. The Bertz CT molecular complexity index is 894. The number of nitrogens with zero attached hydrogens (tertiary/aromatic N) is 3. The summed E-state index contributed by atoms with van der Waals surface area (Å²) < 4.78 is 5.13. The number of halogens is 1. The molecule has 9 heteroatoms. The van der Waals surface area contributed by atoms with Crippen LogP contribution in [0.3, 0.4) is 0 Å². The molecule has 1 amide bonds. The molecular formula is C18H17ClN4O3S. The summed E-state index contributed by atoms with van der Waals surface area (Å²) in [4.78, 5) is 32.6. The maximum absolute atomic E-state index is 12.1. The SMILES string of the molecule is Cc1cc(C)nc(SCC(=O)O[C@@H](C)C(=O)Nc2ccc(C#N)c(Cl)c2)n1. The quantitative estimate of drug-likeness (QED) is 0.447. The van der Waals surface area contributed by atoms with Gasteiger partial charge in [-0.05, 0) is 45.0 Å². The van der Waals surface area contributed by atoms with Crippen molar-refractivity contribution in [2.75, 3.05) is 11.1 Å². The summed E-state index contributed by atoms with van der Waals surface area (Å²) in [5, 5.41) is 12.1. The standard InChI is InChI=1S/C18H17ClN4O3S/c1-10-6-11(2)22-18(21-10)27-9-16(24)26-12(3)17(25)23-14-5-4-13(8-20)15(19)7-14/h4-7,12H,9H2,1-3H3,(H,23,25)/t12-/m0/s1. The molecule has 0 aliphatic rings. The number of amides is 1. The van der Waals surface area contributed by atoms with E-state index in [1.54, 1.807) is 6.07 Å². The summed E-state index contributed by atoms with van der Waals surface area (Å²) in [5.74, 6) is -1.07. The maximum Gasteiger partial charge on any atom is 0.317 e. The summed E-state index contributed by atoms with van der Waals surface area (Å²) >= 11 is 7.07. The van der Waals surface area contributed by atoms with Gasteiger partial charge < -0.3 is 10.1 Å². The monoisotopic (exact) mass is 404 g/mol. The number of rotatable bonds is 6. The molecule has 1 N–H and O–H groups in total. The molecule has 0 unspecified atom stereocenters. The fourth-order valence-corrected chi connectivity index (χ4v) is 3.05. The molecule has 0 saturated carbocycles. The number of thioether (sulfide) groups is 1. The molecule has 0 bridgehead atoms. The first-order chi connectivity index (χ1) is 12.8. The fourth-order valence-electron chi connectivity index (χ4n) is 2.09. The van der Waals surface area contributed by atoms with E-state index in [1.807, 2.05) is 26.0 Å². The van der Waals surface area contributed by atoms with E-state index in [0.29, 0.717) is 16.4 Å². The molecule has 27 heavy (non-hydrogen) atoms. The van der Waals surface area contributed by atoms with Crippen molar-refractivity contribution in [3.63, 3.8) is 0 Å². The van der Waals surface area contributed by atoms with E-state index in [0.717, 1.165) is 23.1 Å². The molecule has 7 nitrogen and oxygen atoms in total. The van der Waals surface area contributed by atoms with Gasteiger partial charge >= 0.3 is 5.97 Å². The number of nitrogens with one attached hydrogen (secondary N) is 1. The van der Waals surface area contributed by atoms with Crippen molar-refractivity contribution in [2.45, 2.75) is 32.0 Å². The zero-order chi connectivity index (χ0) is 20.0. The van der Waals surface area contributed by atoms with Crippen LogP contribution < -0.4 is 5.32 Å². The lowest BCUT2D eigenvalue weighted by Crippen LogP contribution is -2.30. The van der Waals surface area contributed by atoms with Gasteiger partial charge in [-0.15, -0.1) is 0 Å². The summed E-state index contributed by atoms with van der Waals surface area (Å²) in [6, 6.07) is 8.27. The minimum absolute atomic E-state index is 0.0107. The van der Waals surface area contributed by atoms with Crippen LogP contribution in [0.4, 0.5) is 5.69 Å². The third kappa shape index (κ3) is 6.24. The Kier molecular flexibility index (Phi) is 7.16. The highest BCUT2D eigenvalue weighted by Crippen LogP contribution is 2.20. The first-order valence-corrected chi connectivity index (χ1v) is 9.30. The molecule has 0 spiro atoms. The average Bonchev–Trinajstić information content (AvgIpc) is 2.59. The van der Waals surface area contributed by atoms with Crippen LogP contribution in [0, 0.1) is 25.2 Å². The molecule has 0 saturated heterocycles. The predicted molar refractivity (Wildman–Crippen MR) is 103 cm³/mol. The molecule has 0 radical (unpaired) electrons. The number of benzene rings is 1. The summed E-state index contributed by atoms with van der Waals surface area (Å²) in [6.45, 7) is 5.16. The number of hydrogen-bond acceptors (Lipinski definition) is 7. The van der Waals surface area contributed by atoms with Gasteiger partial charge in [-0.2, -0.15) is 5.26 Å². The Balaban J connectivity index is 1.87. The molecule has 1 aromatic carbocycles. The van der Waals surface area contributed by atoms with Crippen molar-refractivity contribution in [3.05, 3.63) is 46.2 Å².